The van der Waals surface area contributed by atoms with Gasteiger partial charge in [-0.3, -0.25) is 9.82 Å². The first-order valence-corrected chi connectivity index (χ1v) is 7.86. The lowest BCUT2D eigenvalue weighted by Crippen LogP contribution is -2.08. The Morgan fingerprint density at radius 3 is 2.71 bits per heavy atom. The molecule has 6 heteroatoms. The van der Waals surface area contributed by atoms with Crippen LogP contribution in [0.1, 0.15) is 5.56 Å². The van der Waals surface area contributed by atoms with Crippen molar-refractivity contribution in [1.29, 1.82) is 0 Å². The number of hydrogen-bond acceptors (Lipinski definition) is 3. The molecule has 0 aliphatic rings. The molecule has 0 spiro atoms. The number of aromatic amines is 1. The Bertz CT molecular complexity index is 883. The molecule has 0 atom stereocenters. The molecule has 2 aromatic carbocycles. The summed E-state index contributed by atoms with van der Waals surface area (Å²) in [6, 6.07) is 14.5. The van der Waals surface area contributed by atoms with E-state index in [-0.39, 0.29) is 0 Å². The molecule has 5 nitrogen and oxygen atoms in total. The maximum atomic E-state index is 12.0. The zero-order valence-electron chi connectivity index (χ0n) is 11.0. The van der Waals surface area contributed by atoms with Crippen molar-refractivity contribution in [1.82, 2.24) is 10.2 Å². The van der Waals surface area contributed by atoms with Crippen LogP contribution in [0.4, 0.5) is 5.69 Å². The van der Waals surface area contributed by atoms with Gasteiger partial charge in [0.2, 0.25) is 0 Å². The van der Waals surface area contributed by atoms with Gasteiger partial charge in [-0.1, -0.05) is 30.3 Å². The van der Waals surface area contributed by atoms with Crippen molar-refractivity contribution < 1.29 is 8.42 Å². The Morgan fingerprint density at radius 1 is 1.10 bits per heavy atom. The fourth-order valence-electron chi connectivity index (χ4n) is 1.93. The van der Waals surface area contributed by atoms with Gasteiger partial charge in [-0.2, -0.15) is 5.10 Å². The van der Waals surface area contributed by atoms with E-state index in [0.717, 1.165) is 21.9 Å². The smallest absolute Gasteiger partial charge is 0.255 e. The highest BCUT2D eigenvalue weighted by atomic mass is 32.2. The summed E-state index contributed by atoms with van der Waals surface area (Å²) in [5.41, 5.74) is 2.10. The van der Waals surface area contributed by atoms with Crippen LogP contribution in [0.3, 0.4) is 0 Å². The maximum absolute atomic E-state index is 12.0. The highest BCUT2D eigenvalue weighted by molar-refractivity contribution is 7.95. The Balaban J connectivity index is 1.80. The average molecular weight is 299 g/mol. The Hall–Kier alpha value is -2.60. The maximum Gasteiger partial charge on any atom is 0.255 e. The van der Waals surface area contributed by atoms with Crippen molar-refractivity contribution in [2.24, 2.45) is 0 Å². The van der Waals surface area contributed by atoms with Crippen LogP contribution < -0.4 is 4.72 Å². The first-order chi connectivity index (χ1) is 10.1. The van der Waals surface area contributed by atoms with E-state index in [1.807, 2.05) is 30.3 Å². The molecule has 2 N–H and O–H groups in total. The molecule has 0 fully saturated rings. The summed E-state index contributed by atoms with van der Waals surface area (Å²) in [7, 11) is -3.55. The minimum atomic E-state index is -3.55. The predicted molar refractivity (Wildman–Crippen MR) is 84.1 cm³/mol. The molecule has 1 heterocycles. The molecule has 0 saturated heterocycles. The van der Waals surface area contributed by atoms with Crippen LogP contribution in [0.15, 0.2) is 60.1 Å². The second-order valence-electron chi connectivity index (χ2n) is 4.53. The van der Waals surface area contributed by atoms with Crippen molar-refractivity contribution in [3.63, 3.8) is 0 Å². The number of aromatic nitrogens is 2. The van der Waals surface area contributed by atoms with E-state index in [4.69, 9.17) is 0 Å². The molecule has 21 heavy (non-hydrogen) atoms. The topological polar surface area (TPSA) is 74.8 Å². The minimum absolute atomic E-state index is 0.490. The predicted octanol–water partition coefficient (Wildman–Crippen LogP) is 2.98. The summed E-state index contributed by atoms with van der Waals surface area (Å²) >= 11 is 0. The summed E-state index contributed by atoms with van der Waals surface area (Å²) < 4.78 is 26.6. The van der Waals surface area contributed by atoms with Gasteiger partial charge in [0.15, 0.2) is 0 Å². The molecule has 3 aromatic rings. The normalized spacial score (nSPS) is 12.0. The number of fused-ring (bicyclic) bond motifs is 1. The molecule has 0 bridgehead atoms. The SMILES string of the molecule is O=S(=O)(C=Cc1ccccc1)Nc1ccc2cn[nH]c2c1. The van der Waals surface area contributed by atoms with Crippen LogP contribution in [0.2, 0.25) is 0 Å². The molecule has 0 amide bonds. The number of anilines is 1. The number of hydrogen-bond donors (Lipinski definition) is 2. The third kappa shape index (κ3) is 3.29. The Morgan fingerprint density at radius 2 is 1.90 bits per heavy atom. The second-order valence-corrected chi connectivity index (χ2v) is 6.10. The van der Waals surface area contributed by atoms with Crippen LogP contribution in [0.5, 0.6) is 0 Å². The first kappa shape index (κ1) is 13.4. The van der Waals surface area contributed by atoms with Gasteiger partial charge in [-0.25, -0.2) is 8.42 Å². The monoisotopic (exact) mass is 299 g/mol. The number of sulfonamides is 1. The van der Waals surface area contributed by atoms with Gasteiger partial charge in [-0.05, 0) is 29.8 Å². The van der Waals surface area contributed by atoms with E-state index < -0.39 is 10.0 Å². The summed E-state index contributed by atoms with van der Waals surface area (Å²) in [5.74, 6) is 0. The van der Waals surface area contributed by atoms with Crippen molar-refractivity contribution in [3.05, 3.63) is 65.7 Å². The summed E-state index contributed by atoms with van der Waals surface area (Å²) in [5, 5.41) is 8.78. The lowest BCUT2D eigenvalue weighted by Gasteiger charge is -2.04. The molecular weight excluding hydrogens is 286 g/mol. The molecular formula is C15H13N3O2S. The van der Waals surface area contributed by atoms with E-state index in [2.05, 4.69) is 14.9 Å². The summed E-state index contributed by atoms with van der Waals surface area (Å²) in [6.07, 6.45) is 3.24. The molecule has 0 saturated carbocycles. The van der Waals surface area contributed by atoms with Gasteiger partial charge in [0.25, 0.3) is 10.0 Å². The van der Waals surface area contributed by atoms with Gasteiger partial charge < -0.3 is 0 Å². The number of nitrogens with one attached hydrogen (secondary N) is 2. The van der Waals surface area contributed by atoms with E-state index in [9.17, 15) is 8.42 Å². The van der Waals surface area contributed by atoms with Crippen molar-refractivity contribution >= 4 is 32.7 Å². The molecule has 0 unspecified atom stereocenters. The zero-order valence-corrected chi connectivity index (χ0v) is 11.8. The molecule has 0 radical (unpaired) electrons. The largest absolute Gasteiger partial charge is 0.280 e. The Labute approximate surface area is 122 Å². The van der Waals surface area contributed by atoms with Crippen LogP contribution in [0, 0.1) is 0 Å². The number of benzene rings is 2. The summed E-state index contributed by atoms with van der Waals surface area (Å²) in [6.45, 7) is 0. The van der Waals surface area contributed by atoms with E-state index in [1.54, 1.807) is 30.5 Å². The lowest BCUT2D eigenvalue weighted by molar-refractivity contribution is 0.609. The number of rotatable bonds is 4. The van der Waals surface area contributed by atoms with Crippen molar-refractivity contribution in [3.8, 4) is 0 Å². The second kappa shape index (κ2) is 5.41. The quantitative estimate of drug-likeness (QED) is 0.777. The van der Waals surface area contributed by atoms with Crippen LogP contribution in [-0.4, -0.2) is 18.6 Å². The van der Waals surface area contributed by atoms with Gasteiger partial charge in [-0.15, -0.1) is 0 Å². The third-order valence-corrected chi connectivity index (χ3v) is 3.96. The first-order valence-electron chi connectivity index (χ1n) is 6.31. The zero-order chi connectivity index (χ0) is 14.7. The molecule has 3 rings (SSSR count). The number of H-pyrrole nitrogens is 1. The van der Waals surface area contributed by atoms with E-state index in [1.165, 1.54) is 0 Å². The fraction of sp³-hybridized carbons (Fsp3) is 0. The molecule has 1 aromatic heterocycles. The highest BCUT2D eigenvalue weighted by Gasteiger charge is 2.06. The molecule has 106 valence electrons. The number of nitrogens with zero attached hydrogens (tertiary/aromatic N) is 1. The Kier molecular flexibility index (Phi) is 3.45. The van der Waals surface area contributed by atoms with Crippen LogP contribution >= 0.6 is 0 Å². The lowest BCUT2D eigenvalue weighted by atomic mass is 10.2. The van der Waals surface area contributed by atoms with E-state index in [0.29, 0.717) is 5.69 Å². The van der Waals surface area contributed by atoms with Crippen LogP contribution in [0.25, 0.3) is 17.0 Å². The average Bonchev–Trinajstić information content (AvgIpc) is 2.93. The van der Waals surface area contributed by atoms with Gasteiger partial charge in [0.05, 0.1) is 22.8 Å². The van der Waals surface area contributed by atoms with Crippen LogP contribution in [-0.2, 0) is 10.0 Å². The minimum Gasteiger partial charge on any atom is -0.280 e. The van der Waals surface area contributed by atoms with Crippen molar-refractivity contribution in [2.45, 2.75) is 0 Å². The van der Waals surface area contributed by atoms with Gasteiger partial charge >= 0.3 is 0 Å². The standard InChI is InChI=1S/C15H13N3O2S/c19-21(20,9-8-12-4-2-1-3-5-12)18-14-7-6-13-11-16-17-15(13)10-14/h1-11,18H,(H,16,17). The third-order valence-electron chi connectivity index (χ3n) is 2.94. The van der Waals surface area contributed by atoms with Crippen molar-refractivity contribution in [2.75, 3.05) is 4.72 Å². The molecule has 0 aliphatic carbocycles. The highest BCUT2D eigenvalue weighted by Crippen LogP contribution is 2.18. The summed E-state index contributed by atoms with van der Waals surface area (Å²) in [4.78, 5) is 0. The van der Waals surface area contributed by atoms with E-state index >= 15 is 0 Å². The fourth-order valence-corrected chi connectivity index (χ4v) is 2.79. The molecule has 0 aliphatic heterocycles. The van der Waals surface area contributed by atoms with Gasteiger partial charge in [0, 0.05) is 5.39 Å². The van der Waals surface area contributed by atoms with Gasteiger partial charge in [0.1, 0.15) is 0 Å².